The molecule has 2 aliphatic heterocycles. The van der Waals surface area contributed by atoms with Crippen LogP contribution < -0.4 is 40.5 Å². The van der Waals surface area contributed by atoms with E-state index in [1.54, 1.807) is 36.7 Å². The van der Waals surface area contributed by atoms with Gasteiger partial charge in [0.05, 0.1) is 66.5 Å². The van der Waals surface area contributed by atoms with E-state index in [1.807, 2.05) is 9.80 Å². The highest BCUT2D eigenvalue weighted by Gasteiger charge is 2.30. The smallest absolute Gasteiger partial charge is 0.416 e. The topological polar surface area (TPSA) is 177 Å². The Morgan fingerprint density at radius 1 is 0.507 bits per heavy atom. The van der Waals surface area contributed by atoms with Gasteiger partial charge in [-0.3, -0.25) is 9.97 Å². The number of urea groups is 2. The highest BCUT2D eigenvalue weighted by molar-refractivity contribution is 6.00. The summed E-state index contributed by atoms with van der Waals surface area (Å²) in [4.78, 5) is 46.6. The van der Waals surface area contributed by atoms with Crippen molar-refractivity contribution >= 4 is 68.5 Å². The van der Waals surface area contributed by atoms with E-state index < -0.39 is 64.4 Å². The lowest BCUT2D eigenvalue weighted by Gasteiger charge is -2.27. The van der Waals surface area contributed by atoms with E-state index in [2.05, 4.69) is 41.2 Å². The number of hydrogen-bond acceptors (Lipinski definition) is 12. The van der Waals surface area contributed by atoms with Crippen LogP contribution in [0.5, 0.6) is 23.0 Å². The number of fused-ring (bicyclic) bond motifs is 2. The standard InChI is InChI=1S/C26H20F5N5O3.C25H20F3N5O3/c27-19-11-17(34-25(37)33-16-3-1-2-15(10-16)26(29,30)31)12-22(24(19)28)39-18-4-5-20-21(13-18)35-23(14-32-20)36-6-8-38-9-7-36;26-15-2-1-3-16(10-15)30-25(34)31-17-11-19(27)24(28)22(12-17)36-18-4-5-20-21(13-18)32-23(14-29-20)33-6-8-35-9-7-33/h1-5,10-14H,6-9H2,(H2,33,34,37);1-5,10-14H,6-9H2,(H2,30,31,34). The van der Waals surface area contributed by atoms with Gasteiger partial charge in [0, 0.05) is 85.3 Å². The molecule has 75 heavy (non-hydrogen) atoms. The average molecular weight is 1040 g/mol. The van der Waals surface area contributed by atoms with Crippen LogP contribution in [0.15, 0.2) is 122 Å². The number of alkyl halides is 3. The van der Waals surface area contributed by atoms with Gasteiger partial charge in [0.1, 0.15) is 29.0 Å². The van der Waals surface area contributed by atoms with Crippen LogP contribution in [0, 0.1) is 29.1 Å². The Kier molecular flexibility index (Phi) is 15.3. The molecule has 4 amide bonds. The fourth-order valence-electron chi connectivity index (χ4n) is 7.58. The van der Waals surface area contributed by atoms with Gasteiger partial charge in [-0.25, -0.2) is 32.7 Å². The van der Waals surface area contributed by atoms with Crippen LogP contribution in [0.3, 0.4) is 0 Å². The largest absolute Gasteiger partial charge is 0.454 e. The second-order valence-corrected chi connectivity index (χ2v) is 16.4. The Labute approximate surface area is 420 Å². The van der Waals surface area contributed by atoms with Crippen LogP contribution in [0.2, 0.25) is 0 Å². The molecule has 4 N–H and O–H groups in total. The van der Waals surface area contributed by atoms with Crippen molar-refractivity contribution in [1.29, 1.82) is 0 Å². The zero-order valence-electron chi connectivity index (χ0n) is 38.9. The molecule has 2 aliphatic rings. The molecule has 4 heterocycles. The molecular formula is C51H40F8N10O6. The number of rotatable bonds is 10. The summed E-state index contributed by atoms with van der Waals surface area (Å²) in [6.45, 7) is 5.01. The molecular weight excluding hydrogens is 1000 g/mol. The number of carbonyl (C=O) groups is 2. The Morgan fingerprint density at radius 3 is 1.40 bits per heavy atom. The molecule has 2 aromatic heterocycles. The lowest BCUT2D eigenvalue weighted by Crippen LogP contribution is -2.36. The Balaban J connectivity index is 0.000000184. The van der Waals surface area contributed by atoms with Crippen molar-refractivity contribution in [3.63, 3.8) is 0 Å². The maximum Gasteiger partial charge on any atom is 0.416 e. The number of benzene rings is 6. The van der Waals surface area contributed by atoms with Crippen LogP contribution in [0.4, 0.5) is 79.1 Å². The Hall–Kier alpha value is -8.90. The highest BCUT2D eigenvalue weighted by atomic mass is 19.4. The van der Waals surface area contributed by atoms with E-state index in [9.17, 15) is 44.7 Å². The SMILES string of the molecule is O=C(Nc1cccc(C(F)(F)F)c1)Nc1cc(F)c(F)c(Oc2ccc3ncc(N4CCOCC4)nc3c2)c1.O=C(Nc1cccc(F)c1)Nc1cc(F)c(F)c(Oc2ccc3ncc(N4CCOCC4)nc3c2)c1. The van der Waals surface area contributed by atoms with Gasteiger partial charge in [-0.15, -0.1) is 0 Å². The molecule has 0 bridgehead atoms. The molecule has 386 valence electrons. The van der Waals surface area contributed by atoms with Gasteiger partial charge in [0.15, 0.2) is 23.1 Å². The van der Waals surface area contributed by atoms with Gasteiger partial charge in [-0.2, -0.15) is 22.0 Å². The number of aromatic nitrogens is 4. The summed E-state index contributed by atoms with van der Waals surface area (Å²) in [7, 11) is 0. The number of hydrogen-bond donors (Lipinski definition) is 4. The molecule has 16 nitrogen and oxygen atoms in total. The van der Waals surface area contributed by atoms with Crippen molar-refractivity contribution < 1.29 is 63.7 Å². The van der Waals surface area contributed by atoms with Crippen LogP contribution in [-0.2, 0) is 15.7 Å². The summed E-state index contributed by atoms with van der Waals surface area (Å²) in [6.07, 6.45) is -1.28. The summed E-state index contributed by atoms with van der Waals surface area (Å²) in [5.74, 6) is -4.89. The first-order chi connectivity index (χ1) is 36.1. The van der Waals surface area contributed by atoms with Gasteiger partial charge < -0.3 is 50.0 Å². The van der Waals surface area contributed by atoms with E-state index in [0.29, 0.717) is 92.4 Å². The van der Waals surface area contributed by atoms with Gasteiger partial charge in [-0.05, 0) is 60.7 Å². The van der Waals surface area contributed by atoms with Crippen molar-refractivity contribution in [3.05, 3.63) is 156 Å². The molecule has 0 saturated carbocycles. The molecule has 0 unspecified atom stereocenters. The number of anilines is 6. The normalized spacial score (nSPS) is 13.7. The number of carbonyl (C=O) groups excluding carboxylic acids is 2. The molecule has 0 spiro atoms. The molecule has 10 rings (SSSR count). The van der Waals surface area contributed by atoms with Gasteiger partial charge >= 0.3 is 18.2 Å². The fraction of sp³-hybridized carbons (Fsp3) is 0.176. The zero-order valence-corrected chi connectivity index (χ0v) is 38.9. The average Bonchev–Trinajstić information content (AvgIpc) is 3.39. The summed E-state index contributed by atoms with van der Waals surface area (Å²) >= 11 is 0. The lowest BCUT2D eigenvalue weighted by molar-refractivity contribution is -0.137. The van der Waals surface area contributed by atoms with Crippen molar-refractivity contribution in [3.8, 4) is 23.0 Å². The van der Waals surface area contributed by atoms with Crippen molar-refractivity contribution in [2.24, 2.45) is 0 Å². The highest BCUT2D eigenvalue weighted by Crippen LogP contribution is 2.34. The van der Waals surface area contributed by atoms with Gasteiger partial charge in [0.2, 0.25) is 11.6 Å². The number of amides is 4. The Bertz CT molecular complexity index is 3400. The number of nitrogens with one attached hydrogen (secondary N) is 4. The van der Waals surface area contributed by atoms with Crippen molar-refractivity contribution in [2.45, 2.75) is 6.18 Å². The predicted octanol–water partition coefficient (Wildman–Crippen LogP) is 11.5. The van der Waals surface area contributed by atoms with E-state index in [4.69, 9.17) is 18.9 Å². The summed E-state index contributed by atoms with van der Waals surface area (Å²) in [5.41, 5.74) is 0.990. The van der Waals surface area contributed by atoms with E-state index in [-0.39, 0.29) is 34.2 Å². The van der Waals surface area contributed by atoms with E-state index in [0.717, 1.165) is 42.5 Å². The fourth-order valence-corrected chi connectivity index (χ4v) is 7.58. The van der Waals surface area contributed by atoms with Crippen LogP contribution in [0.25, 0.3) is 22.1 Å². The third-order valence-electron chi connectivity index (χ3n) is 11.2. The second-order valence-electron chi connectivity index (χ2n) is 16.4. The number of ether oxygens (including phenoxy) is 4. The summed E-state index contributed by atoms with van der Waals surface area (Å²) in [5, 5.41) is 9.28. The van der Waals surface area contributed by atoms with Crippen LogP contribution >= 0.6 is 0 Å². The summed E-state index contributed by atoms with van der Waals surface area (Å²) < 4.78 is 132. The van der Waals surface area contributed by atoms with Crippen molar-refractivity contribution in [2.75, 3.05) is 83.7 Å². The third kappa shape index (κ3) is 13.0. The van der Waals surface area contributed by atoms with Crippen molar-refractivity contribution in [1.82, 2.24) is 19.9 Å². The molecule has 0 atom stereocenters. The zero-order chi connectivity index (χ0) is 52.6. The molecule has 6 aromatic carbocycles. The van der Waals surface area contributed by atoms with Gasteiger partial charge in [0.25, 0.3) is 0 Å². The minimum absolute atomic E-state index is 0.0620. The molecule has 0 aliphatic carbocycles. The summed E-state index contributed by atoms with van der Waals surface area (Å²) in [6, 6.07) is 20.6. The third-order valence-corrected chi connectivity index (χ3v) is 11.2. The molecule has 2 fully saturated rings. The first-order valence-electron chi connectivity index (χ1n) is 22.7. The molecule has 24 heteroatoms. The van der Waals surface area contributed by atoms with E-state index >= 15 is 0 Å². The van der Waals surface area contributed by atoms with Crippen LogP contribution in [0.1, 0.15) is 5.56 Å². The molecule has 2 saturated heterocycles. The minimum atomic E-state index is -4.60. The first-order valence-corrected chi connectivity index (χ1v) is 22.7. The number of morpholine rings is 2. The quantitative estimate of drug-likeness (QED) is 0.0955. The van der Waals surface area contributed by atoms with Crippen LogP contribution in [-0.4, -0.2) is 84.6 Å². The monoisotopic (exact) mass is 1040 g/mol. The van der Waals surface area contributed by atoms with Gasteiger partial charge in [-0.1, -0.05) is 12.1 Å². The van der Waals surface area contributed by atoms with E-state index in [1.165, 1.54) is 36.4 Å². The Morgan fingerprint density at radius 2 is 0.947 bits per heavy atom. The number of nitrogens with zero attached hydrogens (tertiary/aromatic N) is 6. The molecule has 8 aromatic rings. The second kappa shape index (κ2) is 22.5. The number of halogens is 8. The lowest BCUT2D eigenvalue weighted by atomic mass is 10.2. The maximum atomic E-state index is 14.5. The maximum absolute atomic E-state index is 14.5. The molecule has 0 radical (unpaired) electrons. The predicted molar refractivity (Wildman–Crippen MR) is 261 cm³/mol. The minimum Gasteiger partial charge on any atom is -0.454 e. The first kappa shape index (κ1) is 51.0.